The minimum absolute atomic E-state index is 0.0283. The summed E-state index contributed by atoms with van der Waals surface area (Å²) in [5.41, 5.74) is 3.76. The third kappa shape index (κ3) is 4.38. The predicted molar refractivity (Wildman–Crippen MR) is 76.5 cm³/mol. The molecule has 1 N–H and O–H groups in total. The summed E-state index contributed by atoms with van der Waals surface area (Å²) in [5.74, 6) is -0.956. The van der Waals surface area contributed by atoms with Crippen LogP contribution in [0.3, 0.4) is 0 Å². The molecule has 1 heterocycles. The zero-order chi connectivity index (χ0) is 15.1. The summed E-state index contributed by atoms with van der Waals surface area (Å²) in [6, 6.07) is 9.49. The monoisotopic (exact) mass is 287 g/mol. The first-order valence-electron chi connectivity index (χ1n) is 6.27. The van der Waals surface area contributed by atoms with E-state index in [1.807, 2.05) is 6.07 Å². The van der Waals surface area contributed by atoms with Crippen molar-refractivity contribution in [3.63, 3.8) is 0 Å². The quantitative estimate of drug-likeness (QED) is 0.677. The Labute approximate surface area is 121 Å². The summed E-state index contributed by atoms with van der Waals surface area (Å²) in [4.78, 5) is 15.5. The average molecular weight is 287 g/mol. The zero-order valence-corrected chi connectivity index (χ0v) is 11.4. The Morgan fingerprint density at radius 3 is 2.86 bits per heavy atom. The Kier molecular flexibility index (Phi) is 4.98. The van der Waals surface area contributed by atoms with Crippen LogP contribution in [-0.2, 0) is 4.79 Å². The van der Waals surface area contributed by atoms with Crippen molar-refractivity contribution < 1.29 is 13.9 Å². The Hall–Kier alpha value is -2.76. The van der Waals surface area contributed by atoms with Crippen LogP contribution in [0.1, 0.15) is 12.5 Å². The van der Waals surface area contributed by atoms with Gasteiger partial charge >= 0.3 is 0 Å². The summed E-state index contributed by atoms with van der Waals surface area (Å²) in [5, 5.41) is 3.93. The highest BCUT2D eigenvalue weighted by molar-refractivity contribution is 5.98. The molecule has 5 nitrogen and oxygen atoms in total. The summed E-state index contributed by atoms with van der Waals surface area (Å²) >= 11 is 0. The van der Waals surface area contributed by atoms with Gasteiger partial charge in [-0.2, -0.15) is 5.10 Å². The Morgan fingerprint density at radius 1 is 1.33 bits per heavy atom. The molecule has 2 aromatic rings. The maximum absolute atomic E-state index is 13.3. The molecule has 21 heavy (non-hydrogen) atoms. The molecule has 0 aliphatic rings. The van der Waals surface area contributed by atoms with Crippen molar-refractivity contribution in [2.45, 2.75) is 6.92 Å². The van der Waals surface area contributed by atoms with E-state index in [4.69, 9.17) is 4.74 Å². The maximum atomic E-state index is 13.3. The van der Waals surface area contributed by atoms with Gasteiger partial charge in [0.15, 0.2) is 18.2 Å². The highest BCUT2D eigenvalue weighted by Gasteiger charge is 2.06. The molecule has 0 spiro atoms. The minimum Gasteiger partial charge on any atom is -0.481 e. The van der Waals surface area contributed by atoms with Gasteiger partial charge < -0.3 is 4.74 Å². The minimum atomic E-state index is -0.514. The van der Waals surface area contributed by atoms with Crippen molar-refractivity contribution in [3.05, 3.63) is 60.2 Å². The fraction of sp³-hybridized carbons (Fsp3) is 0.133. The van der Waals surface area contributed by atoms with Gasteiger partial charge in [0.05, 0.1) is 5.71 Å². The molecule has 0 saturated carbocycles. The topological polar surface area (TPSA) is 63.6 Å². The number of carbonyl (C=O) groups is 1. The molecule has 0 atom stereocenters. The van der Waals surface area contributed by atoms with Crippen LogP contribution in [-0.4, -0.2) is 23.2 Å². The Bertz CT molecular complexity index is 644. The summed E-state index contributed by atoms with van der Waals surface area (Å²) < 4.78 is 18.4. The van der Waals surface area contributed by atoms with Gasteiger partial charge in [-0.15, -0.1) is 0 Å². The highest BCUT2D eigenvalue weighted by Crippen LogP contribution is 2.14. The van der Waals surface area contributed by atoms with Gasteiger partial charge in [0, 0.05) is 18.0 Å². The van der Waals surface area contributed by atoms with E-state index in [-0.39, 0.29) is 12.4 Å². The molecular formula is C15H14FN3O2. The van der Waals surface area contributed by atoms with Crippen LogP contribution in [0.2, 0.25) is 0 Å². The number of carbonyl (C=O) groups excluding carboxylic acids is 1. The lowest BCUT2D eigenvalue weighted by atomic mass is 10.2. The van der Waals surface area contributed by atoms with E-state index in [0.29, 0.717) is 5.71 Å². The van der Waals surface area contributed by atoms with Crippen LogP contribution in [0.4, 0.5) is 4.39 Å². The smallest absolute Gasteiger partial charge is 0.277 e. The van der Waals surface area contributed by atoms with Gasteiger partial charge in [0.1, 0.15) is 0 Å². The van der Waals surface area contributed by atoms with Crippen molar-refractivity contribution in [3.8, 4) is 5.75 Å². The van der Waals surface area contributed by atoms with Gasteiger partial charge in [-0.05, 0) is 25.1 Å². The lowest BCUT2D eigenvalue weighted by Crippen LogP contribution is -2.25. The van der Waals surface area contributed by atoms with E-state index in [1.54, 1.807) is 37.5 Å². The van der Waals surface area contributed by atoms with Crippen LogP contribution in [0.5, 0.6) is 5.75 Å². The maximum Gasteiger partial charge on any atom is 0.277 e. The van der Waals surface area contributed by atoms with E-state index in [9.17, 15) is 9.18 Å². The summed E-state index contributed by atoms with van der Waals surface area (Å²) in [6.07, 6.45) is 3.29. The number of pyridine rings is 1. The number of benzene rings is 1. The van der Waals surface area contributed by atoms with Gasteiger partial charge in [0.2, 0.25) is 0 Å². The van der Waals surface area contributed by atoms with E-state index in [0.717, 1.165) is 5.56 Å². The van der Waals surface area contributed by atoms with E-state index < -0.39 is 11.7 Å². The second-order valence-corrected chi connectivity index (χ2v) is 4.19. The first-order valence-corrected chi connectivity index (χ1v) is 6.27. The molecule has 108 valence electrons. The Morgan fingerprint density at radius 2 is 2.14 bits per heavy atom. The Balaban J connectivity index is 1.87. The number of nitrogens with zero attached hydrogens (tertiary/aromatic N) is 2. The molecule has 0 saturated heterocycles. The van der Waals surface area contributed by atoms with Crippen LogP contribution in [0.15, 0.2) is 53.9 Å². The van der Waals surface area contributed by atoms with Crippen molar-refractivity contribution in [2.75, 3.05) is 6.61 Å². The number of rotatable bonds is 5. The van der Waals surface area contributed by atoms with Gasteiger partial charge in [-0.3, -0.25) is 9.78 Å². The molecule has 0 aliphatic heterocycles. The molecule has 6 heteroatoms. The van der Waals surface area contributed by atoms with Crippen molar-refractivity contribution in [1.82, 2.24) is 10.4 Å². The number of ether oxygens (including phenoxy) is 1. The van der Waals surface area contributed by atoms with Crippen molar-refractivity contribution >= 4 is 11.6 Å². The zero-order valence-electron chi connectivity index (χ0n) is 11.4. The molecule has 0 aliphatic carbocycles. The molecule has 1 amide bonds. The predicted octanol–water partition coefficient (Wildman–Crippen LogP) is 2.14. The average Bonchev–Trinajstić information content (AvgIpc) is 2.52. The van der Waals surface area contributed by atoms with Gasteiger partial charge in [-0.25, -0.2) is 9.82 Å². The fourth-order valence-electron chi connectivity index (χ4n) is 1.52. The molecule has 2 rings (SSSR count). The molecule has 1 aromatic carbocycles. The van der Waals surface area contributed by atoms with Crippen LogP contribution in [0.25, 0.3) is 0 Å². The number of hydrogen-bond donors (Lipinski definition) is 1. The molecule has 0 radical (unpaired) electrons. The van der Waals surface area contributed by atoms with E-state index in [1.165, 1.54) is 12.1 Å². The summed E-state index contributed by atoms with van der Waals surface area (Å²) in [6.45, 7) is 1.43. The first-order chi connectivity index (χ1) is 10.2. The van der Waals surface area contributed by atoms with Crippen molar-refractivity contribution in [2.24, 2.45) is 5.10 Å². The second kappa shape index (κ2) is 7.14. The fourth-order valence-corrected chi connectivity index (χ4v) is 1.52. The molecular weight excluding hydrogens is 273 g/mol. The number of para-hydroxylation sites is 1. The van der Waals surface area contributed by atoms with Gasteiger partial charge in [0.25, 0.3) is 5.91 Å². The van der Waals surface area contributed by atoms with Gasteiger partial charge in [-0.1, -0.05) is 18.2 Å². The lowest BCUT2D eigenvalue weighted by Gasteiger charge is -2.06. The second-order valence-electron chi connectivity index (χ2n) is 4.19. The third-order valence-electron chi connectivity index (χ3n) is 2.62. The third-order valence-corrected chi connectivity index (χ3v) is 2.62. The SMILES string of the molecule is C/C(=N/NC(=O)COc1ccccc1F)c1cccnc1. The number of amides is 1. The molecule has 0 bridgehead atoms. The normalized spacial score (nSPS) is 11.0. The largest absolute Gasteiger partial charge is 0.481 e. The lowest BCUT2D eigenvalue weighted by molar-refractivity contribution is -0.123. The molecule has 0 fully saturated rings. The number of nitrogens with one attached hydrogen (secondary N) is 1. The van der Waals surface area contributed by atoms with E-state index >= 15 is 0 Å². The van der Waals surface area contributed by atoms with Crippen LogP contribution >= 0.6 is 0 Å². The standard InChI is InChI=1S/C15H14FN3O2/c1-11(12-5-4-8-17-9-12)18-19-15(20)10-21-14-7-3-2-6-13(14)16/h2-9H,10H2,1H3,(H,19,20)/b18-11-. The van der Waals surface area contributed by atoms with Crippen LogP contribution < -0.4 is 10.2 Å². The number of hydrazone groups is 1. The highest BCUT2D eigenvalue weighted by atomic mass is 19.1. The van der Waals surface area contributed by atoms with Crippen LogP contribution in [0, 0.1) is 5.82 Å². The first kappa shape index (κ1) is 14.6. The molecule has 0 unspecified atom stereocenters. The number of hydrogen-bond acceptors (Lipinski definition) is 4. The number of halogens is 1. The van der Waals surface area contributed by atoms with E-state index in [2.05, 4.69) is 15.5 Å². The molecule has 1 aromatic heterocycles. The summed E-state index contributed by atoms with van der Waals surface area (Å²) in [7, 11) is 0. The number of aromatic nitrogens is 1. The van der Waals surface area contributed by atoms with Crippen molar-refractivity contribution in [1.29, 1.82) is 0 Å².